The number of amides is 1. The Morgan fingerprint density at radius 1 is 1.11 bits per heavy atom. The Morgan fingerprint density at radius 2 is 1.97 bits per heavy atom. The van der Waals surface area contributed by atoms with Crippen LogP contribution in [0.2, 0.25) is 0 Å². The van der Waals surface area contributed by atoms with Crippen molar-refractivity contribution >= 4 is 5.91 Å². The third kappa shape index (κ3) is 5.03. The standard InChI is InChI=1S/C29H30N2O4/c1-33-25-11-9-21(10-12-25)23-6-3-7-24(17-23)28-19-31(15-16-35-28)29(32)20-30-14-13-22-5-4-8-27(34-2)26(22)18-30/h3-12,15-16,19,23H,13-14,17-18,20H2,1-2H3. The van der Waals surface area contributed by atoms with Crippen LogP contribution in [-0.4, -0.2) is 43.0 Å². The maximum Gasteiger partial charge on any atom is 0.244 e. The lowest BCUT2D eigenvalue weighted by Gasteiger charge is -2.31. The van der Waals surface area contributed by atoms with Crippen molar-refractivity contribution < 1.29 is 19.0 Å². The summed E-state index contributed by atoms with van der Waals surface area (Å²) in [6, 6.07) is 14.3. The maximum atomic E-state index is 13.2. The van der Waals surface area contributed by atoms with Crippen LogP contribution in [0.15, 0.2) is 90.7 Å². The number of methoxy groups -OCH3 is 2. The second-order valence-electron chi connectivity index (χ2n) is 8.92. The largest absolute Gasteiger partial charge is 0.497 e. The number of hydrogen-bond acceptors (Lipinski definition) is 5. The molecule has 1 unspecified atom stereocenters. The van der Waals surface area contributed by atoms with Gasteiger partial charge < -0.3 is 14.2 Å². The van der Waals surface area contributed by atoms with E-state index >= 15 is 0 Å². The number of fused-ring (bicyclic) bond motifs is 1. The summed E-state index contributed by atoms with van der Waals surface area (Å²) in [7, 11) is 3.36. The number of carbonyl (C=O) groups excluding carboxylic acids is 1. The molecule has 5 rings (SSSR count). The van der Waals surface area contributed by atoms with Crippen molar-refractivity contribution in [2.45, 2.75) is 25.3 Å². The third-order valence-electron chi connectivity index (χ3n) is 6.79. The molecular formula is C29H30N2O4. The Kier molecular flexibility index (Phi) is 6.73. The highest BCUT2D eigenvalue weighted by Crippen LogP contribution is 2.34. The Bertz CT molecular complexity index is 1200. The highest BCUT2D eigenvalue weighted by Gasteiger charge is 2.25. The van der Waals surface area contributed by atoms with E-state index in [1.807, 2.05) is 24.3 Å². The molecule has 2 aromatic carbocycles. The normalized spacial score (nSPS) is 19.4. The fourth-order valence-corrected chi connectivity index (χ4v) is 4.83. The number of carbonyl (C=O) groups is 1. The summed E-state index contributed by atoms with van der Waals surface area (Å²) < 4.78 is 16.6. The summed E-state index contributed by atoms with van der Waals surface area (Å²) in [4.78, 5) is 17.0. The van der Waals surface area contributed by atoms with Crippen LogP contribution in [0, 0.1) is 0 Å². The molecule has 2 aromatic rings. The van der Waals surface area contributed by atoms with Gasteiger partial charge in [-0.15, -0.1) is 0 Å². The van der Waals surface area contributed by atoms with Gasteiger partial charge in [0, 0.05) is 30.8 Å². The van der Waals surface area contributed by atoms with Crippen LogP contribution in [0.5, 0.6) is 11.5 Å². The molecule has 0 spiro atoms. The first-order valence-electron chi connectivity index (χ1n) is 11.9. The zero-order valence-electron chi connectivity index (χ0n) is 20.1. The van der Waals surface area contributed by atoms with E-state index in [4.69, 9.17) is 14.2 Å². The van der Waals surface area contributed by atoms with Gasteiger partial charge in [-0.1, -0.05) is 42.5 Å². The molecule has 2 heterocycles. The van der Waals surface area contributed by atoms with Gasteiger partial charge in [-0.2, -0.15) is 0 Å². The highest BCUT2D eigenvalue weighted by atomic mass is 16.5. The number of allylic oxidation sites excluding steroid dienone is 4. The third-order valence-corrected chi connectivity index (χ3v) is 6.79. The smallest absolute Gasteiger partial charge is 0.244 e. The number of hydrogen-bond donors (Lipinski definition) is 0. The average Bonchev–Trinajstić information content (AvgIpc) is 2.93. The summed E-state index contributed by atoms with van der Waals surface area (Å²) >= 11 is 0. The van der Waals surface area contributed by atoms with Crippen LogP contribution in [-0.2, 0) is 22.5 Å². The first kappa shape index (κ1) is 23.0. The summed E-state index contributed by atoms with van der Waals surface area (Å²) in [5.41, 5.74) is 4.75. The van der Waals surface area contributed by atoms with E-state index in [1.165, 1.54) is 16.7 Å². The van der Waals surface area contributed by atoms with Gasteiger partial charge >= 0.3 is 0 Å². The molecular weight excluding hydrogens is 440 g/mol. The van der Waals surface area contributed by atoms with Crippen molar-refractivity contribution in [1.29, 1.82) is 0 Å². The second kappa shape index (κ2) is 10.2. The lowest BCUT2D eigenvalue weighted by molar-refractivity contribution is -0.128. The monoisotopic (exact) mass is 470 g/mol. The number of nitrogens with zero attached hydrogens (tertiary/aromatic N) is 2. The predicted octanol–water partition coefficient (Wildman–Crippen LogP) is 4.90. The quantitative estimate of drug-likeness (QED) is 0.601. The van der Waals surface area contributed by atoms with Crippen molar-refractivity contribution in [2.24, 2.45) is 0 Å². The molecule has 35 heavy (non-hydrogen) atoms. The van der Waals surface area contributed by atoms with Crippen molar-refractivity contribution in [3.05, 3.63) is 107 Å². The minimum atomic E-state index is 0.0130. The molecule has 3 aliphatic rings. The fraction of sp³-hybridized carbons (Fsp3) is 0.276. The van der Waals surface area contributed by atoms with E-state index in [-0.39, 0.29) is 11.8 Å². The van der Waals surface area contributed by atoms with Gasteiger partial charge in [-0.05, 0) is 47.7 Å². The highest BCUT2D eigenvalue weighted by molar-refractivity contribution is 5.80. The minimum Gasteiger partial charge on any atom is -0.497 e. The van der Waals surface area contributed by atoms with Crippen LogP contribution < -0.4 is 9.47 Å². The molecule has 0 N–H and O–H groups in total. The SMILES string of the molecule is COc1ccc(C2C=CC=C(C3=CN(C(=O)CN4CCc5cccc(OC)c5C4)C=CO3)C2)cc1. The van der Waals surface area contributed by atoms with E-state index in [1.54, 1.807) is 37.8 Å². The molecule has 0 saturated heterocycles. The van der Waals surface area contributed by atoms with Gasteiger partial charge in [0.2, 0.25) is 5.91 Å². The van der Waals surface area contributed by atoms with Crippen LogP contribution in [0.4, 0.5) is 0 Å². The first-order chi connectivity index (χ1) is 17.1. The molecule has 2 aliphatic heterocycles. The van der Waals surface area contributed by atoms with Crippen LogP contribution in [0.1, 0.15) is 29.0 Å². The molecule has 0 fully saturated rings. The summed E-state index contributed by atoms with van der Waals surface area (Å²) in [6.07, 6.45) is 13.1. The maximum absolute atomic E-state index is 13.2. The molecule has 6 heteroatoms. The van der Waals surface area contributed by atoms with Crippen molar-refractivity contribution in [3.63, 3.8) is 0 Å². The summed E-state index contributed by atoms with van der Waals surface area (Å²) in [6.45, 7) is 1.88. The van der Waals surface area contributed by atoms with Gasteiger partial charge in [-0.25, -0.2) is 0 Å². The zero-order chi connectivity index (χ0) is 24.2. The molecule has 1 amide bonds. The van der Waals surface area contributed by atoms with E-state index in [0.29, 0.717) is 18.8 Å². The summed E-state index contributed by atoms with van der Waals surface area (Å²) in [5.74, 6) is 2.69. The molecule has 0 aromatic heterocycles. The number of rotatable bonds is 6. The number of ether oxygens (including phenoxy) is 3. The Labute approximate surface area is 206 Å². The topological polar surface area (TPSA) is 51.2 Å². The van der Waals surface area contributed by atoms with Crippen LogP contribution in [0.3, 0.4) is 0 Å². The van der Waals surface area contributed by atoms with E-state index < -0.39 is 0 Å². The molecule has 0 bridgehead atoms. The van der Waals surface area contributed by atoms with Gasteiger partial charge in [0.25, 0.3) is 0 Å². The molecule has 1 aliphatic carbocycles. The van der Waals surface area contributed by atoms with Gasteiger partial charge in [-0.3, -0.25) is 14.6 Å². The lowest BCUT2D eigenvalue weighted by atomic mass is 9.87. The Balaban J connectivity index is 1.24. The molecule has 0 saturated carbocycles. The minimum absolute atomic E-state index is 0.0130. The van der Waals surface area contributed by atoms with Gasteiger partial charge in [0.1, 0.15) is 23.5 Å². The van der Waals surface area contributed by atoms with Crippen LogP contribution >= 0.6 is 0 Å². The van der Waals surface area contributed by atoms with E-state index in [9.17, 15) is 4.79 Å². The predicted molar refractivity (Wildman–Crippen MR) is 135 cm³/mol. The van der Waals surface area contributed by atoms with E-state index in [2.05, 4.69) is 41.3 Å². The van der Waals surface area contributed by atoms with Gasteiger partial charge in [0.05, 0.1) is 27.0 Å². The number of benzene rings is 2. The second-order valence-corrected chi connectivity index (χ2v) is 8.92. The Morgan fingerprint density at radius 3 is 2.77 bits per heavy atom. The Hall–Kier alpha value is -3.77. The van der Waals surface area contributed by atoms with Gasteiger partial charge in [0.15, 0.2) is 0 Å². The van der Waals surface area contributed by atoms with Crippen molar-refractivity contribution in [2.75, 3.05) is 27.3 Å². The molecule has 1 atom stereocenters. The van der Waals surface area contributed by atoms with Crippen LogP contribution in [0.25, 0.3) is 0 Å². The first-order valence-corrected chi connectivity index (χ1v) is 11.9. The van der Waals surface area contributed by atoms with Crippen molar-refractivity contribution in [3.8, 4) is 11.5 Å². The summed E-state index contributed by atoms with van der Waals surface area (Å²) in [5, 5.41) is 0. The average molecular weight is 471 g/mol. The lowest BCUT2D eigenvalue weighted by Crippen LogP contribution is -2.39. The molecule has 6 nitrogen and oxygen atoms in total. The molecule has 180 valence electrons. The fourth-order valence-electron chi connectivity index (χ4n) is 4.83. The van der Waals surface area contributed by atoms with E-state index in [0.717, 1.165) is 36.5 Å². The van der Waals surface area contributed by atoms with Crippen molar-refractivity contribution in [1.82, 2.24) is 9.80 Å². The molecule has 0 radical (unpaired) electrons. The zero-order valence-corrected chi connectivity index (χ0v) is 20.1.